The third-order valence-corrected chi connectivity index (χ3v) is 5.18. The molecule has 0 aliphatic heterocycles. The van der Waals surface area contributed by atoms with Gasteiger partial charge in [-0.1, -0.05) is 59.7 Å². The van der Waals surface area contributed by atoms with Crippen molar-refractivity contribution in [3.8, 4) is 22.5 Å². The van der Waals surface area contributed by atoms with Gasteiger partial charge in [0.15, 0.2) is 0 Å². The van der Waals surface area contributed by atoms with Crippen LogP contribution in [0.3, 0.4) is 0 Å². The zero-order valence-corrected chi connectivity index (χ0v) is 20.1. The molecule has 0 spiro atoms. The summed E-state index contributed by atoms with van der Waals surface area (Å²) in [5.41, 5.74) is 4.88. The Balaban J connectivity index is 0.000000164. The summed E-state index contributed by atoms with van der Waals surface area (Å²) in [5, 5.41) is 2.47. The SMILES string of the molecule is Fc1c[c-]c(-c2ccccn2)c(F)c1.[Ir+3].[c-]1cccnc1-c1cccc2c1[nH]c1ccccc12. The molecular weight excluding hydrogens is 609 g/mol. The van der Waals surface area contributed by atoms with Gasteiger partial charge in [-0.25, -0.2) is 0 Å². The number of para-hydroxylation sites is 2. The van der Waals surface area contributed by atoms with E-state index >= 15 is 0 Å². The largest absolute Gasteiger partial charge is 3.00 e. The normalized spacial score (nSPS) is 10.4. The standard InChI is InChI=1S/C17H11N2.C11H6F2N.Ir/c1-2-10-16-12(6-1)13-7-5-8-14(17(13)19-16)15-9-3-4-11-18-15;12-8-4-5-9(10(13)7-8)11-3-1-2-6-14-11;/h1-8,10-11,19H;1-4,6-7H;/q2*-1;+3. The van der Waals surface area contributed by atoms with Crippen LogP contribution in [0.25, 0.3) is 44.3 Å². The van der Waals surface area contributed by atoms with Crippen molar-refractivity contribution in [1.82, 2.24) is 15.0 Å². The van der Waals surface area contributed by atoms with Gasteiger partial charge in [0, 0.05) is 28.7 Å². The Morgan fingerprint density at radius 3 is 2.32 bits per heavy atom. The van der Waals surface area contributed by atoms with Crippen LogP contribution in [0, 0.1) is 23.8 Å². The zero-order chi connectivity index (χ0) is 22.6. The number of nitrogens with zero attached hydrogens (tertiary/aromatic N) is 2. The number of aromatic amines is 1. The van der Waals surface area contributed by atoms with Crippen molar-refractivity contribution < 1.29 is 28.9 Å². The number of halogens is 2. The Kier molecular flexibility index (Phi) is 7.21. The zero-order valence-electron chi connectivity index (χ0n) is 17.7. The molecule has 0 saturated carbocycles. The van der Waals surface area contributed by atoms with Crippen molar-refractivity contribution in [2.24, 2.45) is 0 Å². The summed E-state index contributed by atoms with van der Waals surface area (Å²) >= 11 is 0. The number of H-pyrrole nitrogens is 1. The van der Waals surface area contributed by atoms with Crippen LogP contribution in [-0.2, 0) is 20.1 Å². The Hall–Kier alpha value is -3.73. The summed E-state index contributed by atoms with van der Waals surface area (Å²) in [4.78, 5) is 11.8. The van der Waals surface area contributed by atoms with E-state index in [1.165, 1.54) is 10.8 Å². The summed E-state index contributed by atoms with van der Waals surface area (Å²) in [6.45, 7) is 0. The van der Waals surface area contributed by atoms with Gasteiger partial charge in [0.2, 0.25) is 0 Å². The van der Waals surface area contributed by atoms with Gasteiger partial charge in [0.1, 0.15) is 0 Å². The first-order valence-corrected chi connectivity index (χ1v) is 10.3. The molecule has 3 aromatic heterocycles. The number of hydrogen-bond donors (Lipinski definition) is 1. The molecule has 0 saturated heterocycles. The third-order valence-electron chi connectivity index (χ3n) is 5.18. The molecule has 6 heteroatoms. The van der Waals surface area contributed by atoms with Crippen LogP contribution < -0.4 is 0 Å². The van der Waals surface area contributed by atoms with E-state index in [-0.39, 0.29) is 25.7 Å². The minimum absolute atomic E-state index is 0. The molecule has 0 bridgehead atoms. The molecule has 1 N–H and O–H groups in total. The number of aromatic nitrogens is 3. The van der Waals surface area contributed by atoms with Crippen LogP contribution in [0.15, 0.2) is 97.3 Å². The van der Waals surface area contributed by atoms with E-state index in [1.807, 2.05) is 18.2 Å². The van der Waals surface area contributed by atoms with Crippen LogP contribution in [0.1, 0.15) is 0 Å². The number of rotatable bonds is 2. The van der Waals surface area contributed by atoms with E-state index < -0.39 is 11.6 Å². The van der Waals surface area contributed by atoms with Gasteiger partial charge in [-0.05, 0) is 40.6 Å². The summed E-state index contributed by atoms with van der Waals surface area (Å²) in [7, 11) is 0. The number of fused-ring (bicyclic) bond motifs is 3. The van der Waals surface area contributed by atoms with E-state index in [0.717, 1.165) is 34.4 Å². The first kappa shape index (κ1) is 23.4. The van der Waals surface area contributed by atoms with Gasteiger partial charge in [-0.2, -0.15) is 12.1 Å². The predicted octanol–water partition coefficient (Wildman–Crippen LogP) is 7.01. The minimum Gasteiger partial charge on any atom is -0.364 e. The molecule has 0 atom stereocenters. The van der Waals surface area contributed by atoms with E-state index in [2.05, 4.69) is 63.5 Å². The van der Waals surface area contributed by atoms with Crippen LogP contribution in [0.4, 0.5) is 8.78 Å². The number of hydrogen-bond acceptors (Lipinski definition) is 2. The maximum absolute atomic E-state index is 13.2. The topological polar surface area (TPSA) is 41.6 Å². The second-order valence-electron chi connectivity index (χ2n) is 7.28. The third kappa shape index (κ3) is 4.79. The van der Waals surface area contributed by atoms with Crippen LogP contribution in [0.2, 0.25) is 0 Å². The van der Waals surface area contributed by atoms with E-state index in [0.29, 0.717) is 5.69 Å². The fraction of sp³-hybridized carbons (Fsp3) is 0. The van der Waals surface area contributed by atoms with E-state index in [4.69, 9.17) is 0 Å². The monoisotopic (exact) mass is 626 g/mol. The second kappa shape index (κ2) is 10.5. The van der Waals surface area contributed by atoms with E-state index in [1.54, 1.807) is 30.6 Å². The molecule has 6 rings (SSSR count). The first-order valence-electron chi connectivity index (χ1n) is 10.3. The van der Waals surface area contributed by atoms with Crippen LogP contribution in [-0.4, -0.2) is 15.0 Å². The minimum atomic E-state index is -0.649. The van der Waals surface area contributed by atoms with Gasteiger partial charge < -0.3 is 9.97 Å². The fourth-order valence-electron chi connectivity index (χ4n) is 3.69. The van der Waals surface area contributed by atoms with E-state index in [9.17, 15) is 8.78 Å². The number of benzene rings is 3. The molecule has 0 aliphatic carbocycles. The molecule has 34 heavy (non-hydrogen) atoms. The predicted molar refractivity (Wildman–Crippen MR) is 126 cm³/mol. The van der Waals surface area contributed by atoms with Crippen molar-refractivity contribution in [3.05, 3.63) is 121 Å². The average molecular weight is 626 g/mol. The molecular formula is C28H17F2IrN3+. The Bertz CT molecular complexity index is 1530. The van der Waals surface area contributed by atoms with Gasteiger partial charge in [0.05, 0.1) is 0 Å². The Morgan fingerprint density at radius 1 is 0.765 bits per heavy atom. The smallest absolute Gasteiger partial charge is 0.364 e. The molecule has 0 radical (unpaired) electrons. The summed E-state index contributed by atoms with van der Waals surface area (Å²) in [6.07, 6.45) is 3.35. The fourth-order valence-corrected chi connectivity index (χ4v) is 3.69. The molecule has 0 unspecified atom stereocenters. The van der Waals surface area contributed by atoms with Crippen molar-refractivity contribution in [2.45, 2.75) is 0 Å². The Labute approximate surface area is 208 Å². The van der Waals surface area contributed by atoms with Crippen LogP contribution in [0.5, 0.6) is 0 Å². The second-order valence-corrected chi connectivity index (χ2v) is 7.28. The molecule has 3 aromatic carbocycles. The van der Waals surface area contributed by atoms with Crippen molar-refractivity contribution >= 4 is 21.8 Å². The van der Waals surface area contributed by atoms with Crippen molar-refractivity contribution in [3.63, 3.8) is 0 Å². The molecule has 0 aliphatic rings. The quantitative estimate of drug-likeness (QED) is 0.211. The van der Waals surface area contributed by atoms with Crippen LogP contribution >= 0.6 is 0 Å². The summed E-state index contributed by atoms with van der Waals surface area (Å²) in [5.74, 6) is -1.29. The van der Waals surface area contributed by atoms with Gasteiger partial charge in [-0.3, -0.25) is 13.8 Å². The molecule has 0 fully saturated rings. The van der Waals surface area contributed by atoms with Crippen molar-refractivity contribution in [1.29, 1.82) is 0 Å². The van der Waals surface area contributed by atoms with Gasteiger partial charge in [0.25, 0.3) is 0 Å². The Morgan fingerprint density at radius 2 is 1.56 bits per heavy atom. The molecule has 166 valence electrons. The number of pyridine rings is 2. The molecule has 0 amide bonds. The maximum atomic E-state index is 13.2. The van der Waals surface area contributed by atoms with Gasteiger partial charge in [-0.15, -0.1) is 24.3 Å². The molecule has 3 nitrogen and oxygen atoms in total. The maximum Gasteiger partial charge on any atom is 3.00 e. The summed E-state index contributed by atoms with van der Waals surface area (Å²) < 4.78 is 25.8. The first-order chi connectivity index (χ1) is 16.2. The van der Waals surface area contributed by atoms with Crippen molar-refractivity contribution in [2.75, 3.05) is 0 Å². The molecule has 3 heterocycles. The average Bonchev–Trinajstić information content (AvgIpc) is 3.24. The number of nitrogens with one attached hydrogen (secondary N) is 1. The van der Waals surface area contributed by atoms with Gasteiger partial charge >= 0.3 is 20.1 Å². The molecule has 6 aromatic rings. The summed E-state index contributed by atoms with van der Waals surface area (Å²) in [6, 6.07) is 31.1.